The first-order chi connectivity index (χ1) is 13.2. The van der Waals surface area contributed by atoms with E-state index in [9.17, 15) is 24.0 Å². The van der Waals surface area contributed by atoms with E-state index in [0.717, 1.165) is 11.8 Å². The first kappa shape index (κ1) is 23.7. The van der Waals surface area contributed by atoms with E-state index in [0.29, 0.717) is 5.75 Å². The number of carbonyl (C=O) groups excluding carboxylic acids is 5. The number of esters is 1. The van der Waals surface area contributed by atoms with Crippen molar-refractivity contribution in [3.8, 4) is 0 Å². The Morgan fingerprint density at radius 2 is 1.86 bits per heavy atom. The molecule has 1 fully saturated rings. The third-order valence-corrected chi connectivity index (χ3v) is 4.76. The summed E-state index contributed by atoms with van der Waals surface area (Å²) in [6.07, 6.45) is -1.71. The van der Waals surface area contributed by atoms with Gasteiger partial charge in [0.25, 0.3) is 5.91 Å². The van der Waals surface area contributed by atoms with Crippen LogP contribution >= 0.6 is 11.8 Å². The maximum atomic E-state index is 12.2. The molecule has 1 aliphatic rings. The van der Waals surface area contributed by atoms with Gasteiger partial charge < -0.3 is 24.8 Å². The molecular weight excluding hydrogens is 392 g/mol. The predicted octanol–water partition coefficient (Wildman–Crippen LogP) is 0.384. The van der Waals surface area contributed by atoms with Crippen molar-refractivity contribution in [1.29, 1.82) is 0 Å². The lowest BCUT2D eigenvalue weighted by Crippen LogP contribution is -2.52. The highest BCUT2D eigenvalue weighted by Gasteiger charge is 2.43. The summed E-state index contributed by atoms with van der Waals surface area (Å²) in [4.78, 5) is 57.6. The van der Waals surface area contributed by atoms with Crippen LogP contribution in [0.4, 0.5) is 4.79 Å². The number of cyclic esters (lactones) is 2. The average molecular weight is 418 g/mol. The maximum absolute atomic E-state index is 12.2. The SMILES string of the molecule is COC(=O)CCC(=O)SCCNC(=O)CCNC(=O)[C@@H]1OC(=O)OCC1(C)C. The van der Waals surface area contributed by atoms with Gasteiger partial charge in [0.05, 0.1) is 13.5 Å². The zero-order chi connectivity index (χ0) is 21.2. The Morgan fingerprint density at radius 3 is 2.54 bits per heavy atom. The first-order valence-corrected chi connectivity index (χ1v) is 9.74. The number of rotatable bonds is 10. The standard InChI is InChI=1S/C17H26N2O8S/c1-17(2)10-26-16(24)27-14(17)15(23)19-7-6-11(20)18-8-9-28-13(22)5-4-12(21)25-3/h14H,4-10H2,1-3H3,(H,18,20)(H,19,23)/t14-/m0/s1. The molecule has 1 atom stereocenters. The van der Waals surface area contributed by atoms with Crippen molar-refractivity contribution in [3.05, 3.63) is 0 Å². The van der Waals surface area contributed by atoms with Crippen LogP contribution in [-0.2, 0) is 33.4 Å². The summed E-state index contributed by atoms with van der Waals surface area (Å²) in [6.45, 7) is 3.91. The summed E-state index contributed by atoms with van der Waals surface area (Å²) in [5.74, 6) is -0.833. The van der Waals surface area contributed by atoms with Crippen LogP contribution in [0.3, 0.4) is 0 Å². The number of amides is 2. The quantitative estimate of drug-likeness (QED) is 0.381. The van der Waals surface area contributed by atoms with Crippen LogP contribution in [0.1, 0.15) is 33.1 Å². The molecule has 28 heavy (non-hydrogen) atoms. The minimum Gasteiger partial charge on any atom is -0.469 e. The summed E-state index contributed by atoms with van der Waals surface area (Å²) in [5, 5.41) is 5.04. The molecule has 0 aliphatic carbocycles. The molecule has 2 N–H and O–H groups in total. The molecule has 1 heterocycles. The molecule has 0 bridgehead atoms. The zero-order valence-corrected chi connectivity index (χ0v) is 17.0. The molecule has 2 amide bonds. The van der Waals surface area contributed by atoms with Crippen LogP contribution in [0.5, 0.6) is 0 Å². The normalized spacial score (nSPS) is 17.7. The highest BCUT2D eigenvalue weighted by Crippen LogP contribution is 2.28. The average Bonchev–Trinajstić information content (AvgIpc) is 2.65. The second kappa shape index (κ2) is 11.5. The van der Waals surface area contributed by atoms with Crippen LogP contribution in [-0.4, -0.2) is 67.7 Å². The van der Waals surface area contributed by atoms with Crippen molar-refractivity contribution < 1.29 is 38.2 Å². The Labute approximate surface area is 167 Å². The number of hydrogen-bond donors (Lipinski definition) is 2. The third-order valence-electron chi connectivity index (χ3n) is 3.82. The molecule has 10 nitrogen and oxygen atoms in total. The van der Waals surface area contributed by atoms with E-state index in [1.54, 1.807) is 13.8 Å². The monoisotopic (exact) mass is 418 g/mol. The zero-order valence-electron chi connectivity index (χ0n) is 16.2. The van der Waals surface area contributed by atoms with Crippen LogP contribution in [0.2, 0.25) is 0 Å². The highest BCUT2D eigenvalue weighted by atomic mass is 32.2. The number of thioether (sulfide) groups is 1. The maximum Gasteiger partial charge on any atom is 0.509 e. The van der Waals surface area contributed by atoms with Gasteiger partial charge in [-0.1, -0.05) is 25.6 Å². The molecular formula is C17H26N2O8S. The minimum atomic E-state index is -0.982. The van der Waals surface area contributed by atoms with Gasteiger partial charge in [0.15, 0.2) is 11.2 Å². The van der Waals surface area contributed by atoms with Gasteiger partial charge in [0, 0.05) is 37.1 Å². The van der Waals surface area contributed by atoms with Crippen LogP contribution in [0.15, 0.2) is 0 Å². The summed E-state index contributed by atoms with van der Waals surface area (Å²) < 4.78 is 14.1. The third kappa shape index (κ3) is 8.59. The highest BCUT2D eigenvalue weighted by molar-refractivity contribution is 8.13. The Hall–Kier alpha value is -2.30. The van der Waals surface area contributed by atoms with Gasteiger partial charge in [-0.25, -0.2) is 4.79 Å². The van der Waals surface area contributed by atoms with Gasteiger partial charge in [-0.2, -0.15) is 0 Å². The van der Waals surface area contributed by atoms with Crippen LogP contribution in [0, 0.1) is 5.41 Å². The Bertz CT molecular complexity index is 608. The molecule has 0 spiro atoms. The molecule has 1 saturated heterocycles. The Balaban J connectivity index is 2.16. The second-order valence-corrected chi connectivity index (χ2v) is 7.86. The van der Waals surface area contributed by atoms with Crippen molar-refractivity contribution in [2.75, 3.05) is 32.6 Å². The first-order valence-electron chi connectivity index (χ1n) is 8.76. The van der Waals surface area contributed by atoms with E-state index in [-0.39, 0.29) is 50.0 Å². The lowest BCUT2D eigenvalue weighted by molar-refractivity contribution is -0.149. The summed E-state index contributed by atoms with van der Waals surface area (Å²) in [7, 11) is 1.26. The van der Waals surface area contributed by atoms with E-state index < -0.39 is 29.6 Å². The van der Waals surface area contributed by atoms with Crippen LogP contribution < -0.4 is 10.6 Å². The fourth-order valence-electron chi connectivity index (χ4n) is 2.23. The summed E-state index contributed by atoms with van der Waals surface area (Å²) in [5.41, 5.74) is -0.669. The molecule has 0 aromatic carbocycles. The largest absolute Gasteiger partial charge is 0.509 e. The Morgan fingerprint density at radius 1 is 1.14 bits per heavy atom. The van der Waals surface area contributed by atoms with E-state index >= 15 is 0 Å². The molecule has 0 radical (unpaired) electrons. The number of hydrogen-bond acceptors (Lipinski definition) is 9. The molecule has 0 aromatic rings. The van der Waals surface area contributed by atoms with Crippen molar-refractivity contribution in [2.24, 2.45) is 5.41 Å². The number of carbonyl (C=O) groups is 5. The lowest BCUT2D eigenvalue weighted by atomic mass is 9.86. The molecule has 0 saturated carbocycles. The van der Waals surface area contributed by atoms with Gasteiger partial charge in [-0.15, -0.1) is 0 Å². The van der Waals surface area contributed by atoms with E-state index in [4.69, 9.17) is 9.47 Å². The topological polar surface area (TPSA) is 137 Å². The number of methoxy groups -OCH3 is 1. The molecule has 158 valence electrons. The summed E-state index contributed by atoms with van der Waals surface area (Å²) in [6, 6.07) is 0. The van der Waals surface area contributed by atoms with Crippen molar-refractivity contribution >= 4 is 40.8 Å². The molecule has 0 unspecified atom stereocenters. The van der Waals surface area contributed by atoms with Gasteiger partial charge in [-0.05, 0) is 0 Å². The van der Waals surface area contributed by atoms with Gasteiger partial charge >= 0.3 is 12.1 Å². The minimum absolute atomic E-state index is 0.0353. The van der Waals surface area contributed by atoms with Gasteiger partial charge in [0.1, 0.15) is 6.61 Å². The lowest BCUT2D eigenvalue weighted by Gasteiger charge is -2.35. The molecule has 1 rings (SSSR count). The molecule has 11 heteroatoms. The predicted molar refractivity (Wildman–Crippen MR) is 99.4 cm³/mol. The molecule has 0 aromatic heterocycles. The molecule has 1 aliphatic heterocycles. The number of ether oxygens (including phenoxy) is 3. The fourth-order valence-corrected chi connectivity index (χ4v) is 2.91. The van der Waals surface area contributed by atoms with Crippen molar-refractivity contribution in [2.45, 2.75) is 39.2 Å². The van der Waals surface area contributed by atoms with E-state index in [2.05, 4.69) is 15.4 Å². The second-order valence-electron chi connectivity index (χ2n) is 6.71. The summed E-state index contributed by atoms with van der Waals surface area (Å²) >= 11 is 1.03. The smallest absolute Gasteiger partial charge is 0.469 e. The fraction of sp³-hybridized carbons (Fsp3) is 0.706. The van der Waals surface area contributed by atoms with Gasteiger partial charge in [0.2, 0.25) is 5.91 Å². The van der Waals surface area contributed by atoms with Crippen LogP contribution in [0.25, 0.3) is 0 Å². The van der Waals surface area contributed by atoms with Gasteiger partial charge in [-0.3, -0.25) is 19.2 Å². The van der Waals surface area contributed by atoms with E-state index in [1.807, 2.05) is 0 Å². The Kier molecular flexibility index (Phi) is 9.77. The van der Waals surface area contributed by atoms with Crippen molar-refractivity contribution in [3.63, 3.8) is 0 Å². The number of nitrogens with one attached hydrogen (secondary N) is 2. The van der Waals surface area contributed by atoms with Crippen molar-refractivity contribution in [1.82, 2.24) is 10.6 Å². The van der Waals surface area contributed by atoms with E-state index in [1.165, 1.54) is 7.11 Å².